The predicted octanol–water partition coefficient (Wildman–Crippen LogP) is 5.05. The van der Waals surface area contributed by atoms with Crippen LogP contribution in [0.15, 0.2) is 18.9 Å². The van der Waals surface area contributed by atoms with Crippen LogP contribution in [0.2, 0.25) is 0 Å². The number of H-pyrrole nitrogens is 1. The molecule has 1 heterocycles. The van der Waals surface area contributed by atoms with Gasteiger partial charge in [0.05, 0.1) is 0 Å². The molecule has 1 aromatic heterocycles. The van der Waals surface area contributed by atoms with Crippen LogP contribution >= 0.6 is 0 Å². The van der Waals surface area contributed by atoms with Gasteiger partial charge in [0.2, 0.25) is 0 Å². The summed E-state index contributed by atoms with van der Waals surface area (Å²) in [6.07, 6.45) is 7.93. The average Bonchev–Trinajstić information content (AvgIpc) is 2.65. The number of rotatable bonds is 2. The first-order chi connectivity index (χ1) is 7.29. The summed E-state index contributed by atoms with van der Waals surface area (Å²) in [5.74, 6) is 0. The Bertz CT molecular complexity index is 280. The maximum absolute atomic E-state index is 3.75. The van der Waals surface area contributed by atoms with E-state index >= 15 is 0 Å². The van der Waals surface area contributed by atoms with E-state index in [1.165, 1.54) is 11.1 Å². The fraction of sp³-hybridized carbons (Fsp3) is 0.429. The molecule has 1 rings (SSSR count). The van der Waals surface area contributed by atoms with Crippen molar-refractivity contribution in [2.24, 2.45) is 0 Å². The molecule has 86 valence electrons. The van der Waals surface area contributed by atoms with Gasteiger partial charge >= 0.3 is 0 Å². The molecule has 0 saturated heterocycles. The average molecular weight is 207 g/mol. The van der Waals surface area contributed by atoms with Crippen LogP contribution < -0.4 is 0 Å². The minimum absolute atomic E-state index is 1.14. The van der Waals surface area contributed by atoms with E-state index in [4.69, 9.17) is 0 Å². The molecule has 0 saturated carbocycles. The van der Waals surface area contributed by atoms with Crippen molar-refractivity contribution in [1.29, 1.82) is 0 Å². The minimum Gasteiger partial charge on any atom is -0.361 e. The van der Waals surface area contributed by atoms with E-state index in [1.807, 2.05) is 59.0 Å². The van der Waals surface area contributed by atoms with Gasteiger partial charge < -0.3 is 4.98 Å². The fourth-order valence-electron chi connectivity index (χ4n) is 1.13. The molecular formula is C14H25N. The monoisotopic (exact) mass is 207 g/mol. The molecule has 1 nitrogen and oxygen atoms in total. The number of aromatic amines is 1. The molecule has 0 aliphatic carbocycles. The van der Waals surface area contributed by atoms with Crippen LogP contribution in [0.3, 0.4) is 0 Å². The first-order valence-corrected chi connectivity index (χ1v) is 5.72. The van der Waals surface area contributed by atoms with Crippen LogP contribution in [-0.2, 0) is 0 Å². The van der Waals surface area contributed by atoms with E-state index in [0.29, 0.717) is 0 Å². The van der Waals surface area contributed by atoms with Crippen LogP contribution in [0.25, 0.3) is 12.2 Å². The van der Waals surface area contributed by atoms with Gasteiger partial charge in [0.25, 0.3) is 0 Å². The van der Waals surface area contributed by atoms with Gasteiger partial charge in [-0.05, 0) is 25.5 Å². The number of hydrogen-bond donors (Lipinski definition) is 1. The van der Waals surface area contributed by atoms with Crippen molar-refractivity contribution in [2.45, 2.75) is 41.5 Å². The topological polar surface area (TPSA) is 15.8 Å². The highest BCUT2D eigenvalue weighted by atomic mass is 14.7. The molecule has 1 N–H and O–H groups in total. The van der Waals surface area contributed by atoms with Gasteiger partial charge in [-0.1, -0.05) is 46.4 Å². The zero-order valence-corrected chi connectivity index (χ0v) is 11.0. The van der Waals surface area contributed by atoms with Crippen LogP contribution in [-0.4, -0.2) is 4.98 Å². The van der Waals surface area contributed by atoms with Crippen molar-refractivity contribution in [3.05, 3.63) is 35.7 Å². The molecule has 0 aliphatic rings. The highest BCUT2D eigenvalue weighted by Gasteiger charge is 1.99. The standard InChI is InChI=1S/C10H13N.2C2H6/c1-4-6-10-9(5-2)8(3)7-11-10;2*1-2/h4-7,11H,2H2,1,3H3;2*1-2H3/b6-4-;;. The second-order valence-corrected chi connectivity index (χ2v) is 2.50. The molecule has 0 spiro atoms. The Labute approximate surface area is 94.9 Å². The van der Waals surface area contributed by atoms with Crippen LogP contribution in [0.4, 0.5) is 0 Å². The van der Waals surface area contributed by atoms with Crippen molar-refractivity contribution in [2.75, 3.05) is 0 Å². The summed E-state index contributed by atoms with van der Waals surface area (Å²) in [5, 5.41) is 0. The fourth-order valence-corrected chi connectivity index (χ4v) is 1.13. The van der Waals surface area contributed by atoms with Gasteiger partial charge in [-0.2, -0.15) is 0 Å². The van der Waals surface area contributed by atoms with Gasteiger partial charge in [-0.15, -0.1) is 0 Å². The zero-order valence-electron chi connectivity index (χ0n) is 11.0. The highest BCUT2D eigenvalue weighted by Crippen LogP contribution is 2.15. The lowest BCUT2D eigenvalue weighted by Crippen LogP contribution is -1.75. The Kier molecular flexibility index (Phi) is 11.7. The number of aryl methyl sites for hydroxylation is 1. The van der Waals surface area contributed by atoms with Crippen LogP contribution in [0.5, 0.6) is 0 Å². The number of hydrogen-bond acceptors (Lipinski definition) is 0. The molecule has 1 heteroatoms. The Morgan fingerprint density at radius 3 is 2.13 bits per heavy atom. The molecule has 0 atom stereocenters. The SMILES string of the molecule is C=Cc1c(C)c[nH]c1/C=C\C.CC.CC. The van der Waals surface area contributed by atoms with Gasteiger partial charge in [-0.25, -0.2) is 0 Å². The lowest BCUT2D eigenvalue weighted by molar-refractivity contribution is 1.36. The van der Waals surface area contributed by atoms with Crippen LogP contribution in [0, 0.1) is 6.92 Å². The quantitative estimate of drug-likeness (QED) is 0.698. The third-order valence-electron chi connectivity index (χ3n) is 1.70. The normalized spacial score (nSPS) is 8.67. The summed E-state index contributed by atoms with van der Waals surface area (Å²) in [5.41, 5.74) is 3.58. The van der Waals surface area contributed by atoms with E-state index in [-0.39, 0.29) is 0 Å². The van der Waals surface area contributed by atoms with E-state index < -0.39 is 0 Å². The van der Waals surface area contributed by atoms with Crippen molar-refractivity contribution >= 4 is 12.2 Å². The summed E-state index contributed by atoms with van der Waals surface area (Å²) >= 11 is 0. The third kappa shape index (κ3) is 5.26. The highest BCUT2D eigenvalue weighted by molar-refractivity contribution is 5.64. The number of allylic oxidation sites excluding steroid dienone is 1. The number of aromatic nitrogens is 1. The largest absolute Gasteiger partial charge is 0.361 e. The molecule has 0 unspecified atom stereocenters. The first-order valence-electron chi connectivity index (χ1n) is 5.72. The molecule has 0 fully saturated rings. The molecule has 0 amide bonds. The maximum atomic E-state index is 3.75. The summed E-state index contributed by atoms with van der Waals surface area (Å²) in [4.78, 5) is 3.17. The summed E-state index contributed by atoms with van der Waals surface area (Å²) in [7, 11) is 0. The Balaban J connectivity index is 0. The Hall–Kier alpha value is -1.24. The molecule has 0 radical (unpaired) electrons. The van der Waals surface area contributed by atoms with E-state index in [0.717, 1.165) is 5.69 Å². The van der Waals surface area contributed by atoms with Crippen molar-refractivity contribution in [3.8, 4) is 0 Å². The second kappa shape index (κ2) is 10.8. The zero-order chi connectivity index (χ0) is 12.3. The van der Waals surface area contributed by atoms with Crippen molar-refractivity contribution < 1.29 is 0 Å². The lowest BCUT2D eigenvalue weighted by Gasteiger charge is -1.91. The van der Waals surface area contributed by atoms with Gasteiger partial charge in [0, 0.05) is 17.5 Å². The van der Waals surface area contributed by atoms with Gasteiger partial charge in [0.1, 0.15) is 0 Å². The lowest BCUT2D eigenvalue weighted by atomic mass is 10.1. The molecule has 15 heavy (non-hydrogen) atoms. The van der Waals surface area contributed by atoms with Gasteiger partial charge in [0.15, 0.2) is 0 Å². The van der Waals surface area contributed by atoms with Gasteiger partial charge in [-0.3, -0.25) is 0 Å². The maximum Gasteiger partial charge on any atom is 0.0453 e. The van der Waals surface area contributed by atoms with Crippen molar-refractivity contribution in [3.63, 3.8) is 0 Å². The molecule has 1 aromatic rings. The predicted molar refractivity (Wildman–Crippen MR) is 73.0 cm³/mol. The van der Waals surface area contributed by atoms with E-state index in [2.05, 4.69) is 18.5 Å². The second-order valence-electron chi connectivity index (χ2n) is 2.50. The van der Waals surface area contributed by atoms with Crippen molar-refractivity contribution in [1.82, 2.24) is 4.98 Å². The third-order valence-corrected chi connectivity index (χ3v) is 1.70. The van der Waals surface area contributed by atoms with Crippen LogP contribution in [0.1, 0.15) is 51.4 Å². The molecule has 0 aromatic carbocycles. The smallest absolute Gasteiger partial charge is 0.0453 e. The molecule has 0 aliphatic heterocycles. The molecule has 0 bridgehead atoms. The molecular weight excluding hydrogens is 182 g/mol. The Morgan fingerprint density at radius 1 is 1.20 bits per heavy atom. The summed E-state index contributed by atoms with van der Waals surface area (Å²) < 4.78 is 0. The summed E-state index contributed by atoms with van der Waals surface area (Å²) in [6.45, 7) is 15.8. The van der Waals surface area contributed by atoms with E-state index in [9.17, 15) is 0 Å². The first kappa shape index (κ1) is 16.2. The number of nitrogens with one attached hydrogen (secondary N) is 1. The van der Waals surface area contributed by atoms with E-state index in [1.54, 1.807) is 0 Å². The summed E-state index contributed by atoms with van der Waals surface area (Å²) in [6, 6.07) is 0. The minimum atomic E-state index is 1.14. The Morgan fingerprint density at radius 2 is 1.73 bits per heavy atom.